The summed E-state index contributed by atoms with van der Waals surface area (Å²) in [6.45, 7) is 5.73. The van der Waals surface area contributed by atoms with Gasteiger partial charge in [0.2, 0.25) is 0 Å². The lowest BCUT2D eigenvalue weighted by Gasteiger charge is -2.26. The molecular formula is C19H22N2O4. The van der Waals surface area contributed by atoms with Crippen LogP contribution in [-0.2, 0) is 20.7 Å². The third-order valence-corrected chi connectivity index (χ3v) is 4.47. The van der Waals surface area contributed by atoms with Crippen LogP contribution in [0.25, 0.3) is 10.9 Å². The second-order valence-corrected chi connectivity index (χ2v) is 6.00. The van der Waals surface area contributed by atoms with Crippen molar-refractivity contribution < 1.29 is 19.1 Å². The van der Waals surface area contributed by atoms with Crippen molar-refractivity contribution in [2.24, 2.45) is 0 Å². The normalized spacial score (nSPS) is 14.6. The molecular weight excluding hydrogens is 320 g/mol. The van der Waals surface area contributed by atoms with Crippen molar-refractivity contribution >= 4 is 22.8 Å². The van der Waals surface area contributed by atoms with Crippen molar-refractivity contribution in [2.75, 3.05) is 32.9 Å². The molecule has 6 heteroatoms. The number of pyridine rings is 1. The minimum atomic E-state index is -0.479. The molecule has 1 aliphatic heterocycles. The third kappa shape index (κ3) is 3.64. The van der Waals surface area contributed by atoms with Gasteiger partial charge in [0.25, 0.3) is 5.91 Å². The number of nitrogens with zero attached hydrogens (tertiary/aromatic N) is 2. The minimum absolute atomic E-state index is 0.191. The second-order valence-electron chi connectivity index (χ2n) is 6.00. The summed E-state index contributed by atoms with van der Waals surface area (Å²) in [6.07, 6.45) is 0.726. The van der Waals surface area contributed by atoms with E-state index < -0.39 is 5.97 Å². The van der Waals surface area contributed by atoms with E-state index in [2.05, 4.69) is 4.98 Å². The van der Waals surface area contributed by atoms with Gasteiger partial charge in [0.05, 0.1) is 24.3 Å². The van der Waals surface area contributed by atoms with Gasteiger partial charge in [0, 0.05) is 24.2 Å². The molecule has 2 aromatic rings. The topological polar surface area (TPSA) is 68.7 Å². The van der Waals surface area contributed by atoms with Gasteiger partial charge in [-0.3, -0.25) is 9.78 Å². The number of rotatable bonds is 4. The Hall–Kier alpha value is -2.47. The van der Waals surface area contributed by atoms with Gasteiger partial charge in [-0.1, -0.05) is 25.1 Å². The molecule has 6 nitrogen and oxygen atoms in total. The Morgan fingerprint density at radius 3 is 2.68 bits per heavy atom. The number of fused-ring (bicyclic) bond motifs is 1. The Morgan fingerprint density at radius 1 is 1.24 bits per heavy atom. The molecule has 0 atom stereocenters. The Balaban J connectivity index is 1.81. The number of esters is 1. The zero-order chi connectivity index (χ0) is 17.8. The molecule has 1 saturated heterocycles. The van der Waals surface area contributed by atoms with Crippen LogP contribution in [0.4, 0.5) is 0 Å². The number of ether oxygens (including phenoxy) is 2. The van der Waals surface area contributed by atoms with Crippen molar-refractivity contribution in [3.63, 3.8) is 0 Å². The molecule has 0 unspecified atom stereocenters. The molecule has 0 N–H and O–H groups in total. The van der Waals surface area contributed by atoms with Gasteiger partial charge in [0.15, 0.2) is 6.61 Å². The second kappa shape index (κ2) is 7.61. The smallest absolute Gasteiger partial charge is 0.339 e. The van der Waals surface area contributed by atoms with Crippen LogP contribution < -0.4 is 0 Å². The highest BCUT2D eigenvalue weighted by atomic mass is 16.5. The fourth-order valence-electron chi connectivity index (χ4n) is 3.07. The number of hydrogen-bond acceptors (Lipinski definition) is 5. The molecule has 0 spiro atoms. The van der Waals surface area contributed by atoms with Crippen LogP contribution in [0.15, 0.2) is 24.3 Å². The van der Waals surface area contributed by atoms with Gasteiger partial charge in [0.1, 0.15) is 0 Å². The highest BCUT2D eigenvalue weighted by Gasteiger charge is 2.22. The Morgan fingerprint density at radius 2 is 1.96 bits per heavy atom. The first-order valence-electron chi connectivity index (χ1n) is 8.52. The quantitative estimate of drug-likeness (QED) is 0.796. The van der Waals surface area contributed by atoms with Gasteiger partial charge < -0.3 is 14.4 Å². The minimum Gasteiger partial charge on any atom is -0.452 e. The molecule has 0 aliphatic carbocycles. The predicted molar refractivity (Wildman–Crippen MR) is 93.5 cm³/mol. The first kappa shape index (κ1) is 17.4. The zero-order valence-corrected chi connectivity index (χ0v) is 14.6. The molecule has 132 valence electrons. The zero-order valence-electron chi connectivity index (χ0n) is 14.6. The molecule has 0 radical (unpaired) electrons. The van der Waals surface area contributed by atoms with Crippen LogP contribution in [0.3, 0.4) is 0 Å². The number of benzene rings is 1. The lowest BCUT2D eigenvalue weighted by Crippen LogP contribution is -2.42. The van der Waals surface area contributed by atoms with Crippen molar-refractivity contribution in [3.8, 4) is 0 Å². The maximum atomic E-state index is 12.7. The van der Waals surface area contributed by atoms with Crippen LogP contribution in [0.2, 0.25) is 0 Å². The van der Waals surface area contributed by atoms with Gasteiger partial charge in [-0.05, 0) is 25.0 Å². The summed E-state index contributed by atoms with van der Waals surface area (Å²) in [5.74, 6) is -0.671. The van der Waals surface area contributed by atoms with E-state index in [1.807, 2.05) is 38.1 Å². The highest BCUT2D eigenvalue weighted by Crippen LogP contribution is 2.24. The van der Waals surface area contributed by atoms with Crippen LogP contribution in [0.5, 0.6) is 0 Å². The average Bonchev–Trinajstić information content (AvgIpc) is 2.66. The summed E-state index contributed by atoms with van der Waals surface area (Å²) in [5.41, 5.74) is 2.93. The number of amides is 1. The first-order chi connectivity index (χ1) is 12.1. The molecule has 1 fully saturated rings. The van der Waals surface area contributed by atoms with Gasteiger partial charge in [-0.15, -0.1) is 0 Å². The van der Waals surface area contributed by atoms with Gasteiger partial charge >= 0.3 is 5.97 Å². The SMILES string of the molecule is CCc1nc2ccccc2c(C(=O)OCC(=O)N2CCOCC2)c1C. The van der Waals surface area contributed by atoms with Gasteiger partial charge in [-0.25, -0.2) is 4.79 Å². The average molecular weight is 342 g/mol. The summed E-state index contributed by atoms with van der Waals surface area (Å²) in [6, 6.07) is 7.49. The summed E-state index contributed by atoms with van der Waals surface area (Å²) in [5, 5.41) is 0.751. The molecule has 2 heterocycles. The molecule has 1 aliphatic rings. The standard InChI is InChI=1S/C19H22N2O4/c1-3-15-13(2)18(14-6-4-5-7-16(14)20-15)19(23)25-12-17(22)21-8-10-24-11-9-21/h4-7H,3,8-12H2,1-2H3. The van der Waals surface area contributed by atoms with Crippen molar-refractivity contribution in [2.45, 2.75) is 20.3 Å². The van der Waals surface area contributed by atoms with Crippen molar-refractivity contribution in [3.05, 3.63) is 41.1 Å². The maximum absolute atomic E-state index is 12.7. The maximum Gasteiger partial charge on any atom is 0.339 e. The van der Waals surface area contributed by atoms with E-state index in [0.717, 1.165) is 28.6 Å². The largest absolute Gasteiger partial charge is 0.452 e. The van der Waals surface area contributed by atoms with E-state index in [-0.39, 0.29) is 12.5 Å². The molecule has 1 aromatic heterocycles. The number of carbonyl (C=O) groups excluding carboxylic acids is 2. The molecule has 0 bridgehead atoms. The molecule has 3 rings (SSSR count). The predicted octanol–water partition coefficient (Wildman–Crippen LogP) is 2.12. The van der Waals surface area contributed by atoms with E-state index in [4.69, 9.17) is 9.47 Å². The number of aromatic nitrogens is 1. The van der Waals surface area contributed by atoms with E-state index in [0.29, 0.717) is 31.9 Å². The van der Waals surface area contributed by atoms with Crippen molar-refractivity contribution in [1.82, 2.24) is 9.88 Å². The Bertz CT molecular complexity index is 797. The van der Waals surface area contributed by atoms with Crippen molar-refractivity contribution in [1.29, 1.82) is 0 Å². The van der Waals surface area contributed by atoms with E-state index in [1.54, 1.807) is 4.90 Å². The molecule has 1 aromatic carbocycles. The fraction of sp³-hybridized carbons (Fsp3) is 0.421. The van der Waals surface area contributed by atoms with Gasteiger partial charge in [-0.2, -0.15) is 0 Å². The fourth-order valence-corrected chi connectivity index (χ4v) is 3.07. The first-order valence-corrected chi connectivity index (χ1v) is 8.52. The lowest BCUT2D eigenvalue weighted by molar-refractivity contribution is -0.138. The summed E-state index contributed by atoms with van der Waals surface area (Å²) >= 11 is 0. The molecule has 25 heavy (non-hydrogen) atoms. The number of para-hydroxylation sites is 1. The molecule has 1 amide bonds. The van der Waals surface area contributed by atoms with E-state index >= 15 is 0 Å². The third-order valence-electron chi connectivity index (χ3n) is 4.47. The monoisotopic (exact) mass is 342 g/mol. The number of aryl methyl sites for hydroxylation is 1. The van der Waals surface area contributed by atoms with E-state index in [1.165, 1.54) is 0 Å². The van der Waals surface area contributed by atoms with E-state index in [9.17, 15) is 9.59 Å². The number of carbonyl (C=O) groups is 2. The number of hydrogen-bond donors (Lipinski definition) is 0. The Labute approximate surface area is 146 Å². The lowest BCUT2D eigenvalue weighted by atomic mass is 10.0. The van der Waals surface area contributed by atoms with Crippen LogP contribution in [-0.4, -0.2) is 54.7 Å². The highest BCUT2D eigenvalue weighted by molar-refractivity contribution is 6.05. The molecule has 0 saturated carbocycles. The summed E-state index contributed by atoms with van der Waals surface area (Å²) in [7, 11) is 0. The van der Waals surface area contributed by atoms with Crippen LogP contribution >= 0.6 is 0 Å². The van der Waals surface area contributed by atoms with Crippen LogP contribution in [0.1, 0.15) is 28.5 Å². The van der Waals surface area contributed by atoms with Crippen LogP contribution in [0, 0.1) is 6.92 Å². The summed E-state index contributed by atoms with van der Waals surface area (Å²) < 4.78 is 10.6. The number of morpholine rings is 1. The Kier molecular flexibility index (Phi) is 5.28. The summed E-state index contributed by atoms with van der Waals surface area (Å²) in [4.78, 5) is 31.1.